The molecule has 0 amide bonds. The third-order valence-electron chi connectivity index (χ3n) is 5.58. The summed E-state index contributed by atoms with van der Waals surface area (Å²) in [7, 11) is 0. The number of alkyl halides is 3. The minimum Gasteiger partial charge on any atom is -0.484 e. The Kier molecular flexibility index (Phi) is 6.30. The lowest BCUT2D eigenvalue weighted by atomic mass is 9.87. The van der Waals surface area contributed by atoms with Gasteiger partial charge in [0.05, 0.1) is 11.0 Å². The number of aromatic nitrogens is 2. The first-order valence-electron chi connectivity index (χ1n) is 11.1. The molecule has 0 spiro atoms. The van der Waals surface area contributed by atoms with Gasteiger partial charge in [0.1, 0.15) is 5.75 Å². The Morgan fingerprint density at radius 2 is 1.59 bits per heavy atom. The van der Waals surface area contributed by atoms with Gasteiger partial charge in [-0.15, -0.1) is 0 Å². The van der Waals surface area contributed by atoms with E-state index < -0.39 is 12.8 Å². The van der Waals surface area contributed by atoms with Crippen molar-refractivity contribution in [3.63, 3.8) is 0 Å². The molecular weight excluding hydrogens is 439 g/mol. The van der Waals surface area contributed by atoms with E-state index in [0.29, 0.717) is 12.5 Å². The van der Waals surface area contributed by atoms with Crippen molar-refractivity contribution in [3.8, 4) is 11.4 Å². The highest BCUT2D eigenvalue weighted by atomic mass is 19.4. The number of imidazole rings is 1. The van der Waals surface area contributed by atoms with Crippen LogP contribution >= 0.6 is 0 Å². The number of hydrogen-bond donors (Lipinski definition) is 1. The van der Waals surface area contributed by atoms with Crippen molar-refractivity contribution >= 4 is 17.0 Å². The molecule has 7 heteroatoms. The van der Waals surface area contributed by atoms with Gasteiger partial charge in [-0.2, -0.15) is 13.2 Å². The zero-order valence-corrected chi connectivity index (χ0v) is 19.7. The van der Waals surface area contributed by atoms with Crippen LogP contribution in [0.3, 0.4) is 0 Å². The molecule has 0 bridgehead atoms. The first kappa shape index (κ1) is 23.7. The Bertz CT molecular complexity index is 1270. The van der Waals surface area contributed by atoms with Crippen molar-refractivity contribution in [2.75, 3.05) is 11.9 Å². The van der Waals surface area contributed by atoms with Gasteiger partial charge >= 0.3 is 6.18 Å². The van der Waals surface area contributed by atoms with Crippen molar-refractivity contribution in [1.82, 2.24) is 9.55 Å². The number of anilines is 1. The summed E-state index contributed by atoms with van der Waals surface area (Å²) in [6, 6.07) is 21.1. The number of ether oxygens (including phenoxy) is 1. The van der Waals surface area contributed by atoms with Crippen molar-refractivity contribution in [3.05, 3.63) is 83.4 Å². The van der Waals surface area contributed by atoms with Crippen molar-refractivity contribution in [2.45, 2.75) is 45.8 Å². The summed E-state index contributed by atoms with van der Waals surface area (Å²) in [6.45, 7) is 7.83. The Balaban J connectivity index is 1.62. The first-order valence-corrected chi connectivity index (χ1v) is 11.1. The number of aryl methyl sites for hydroxylation is 1. The van der Waals surface area contributed by atoms with Crippen molar-refractivity contribution < 1.29 is 17.9 Å². The van der Waals surface area contributed by atoms with Gasteiger partial charge in [-0.3, -0.25) is 4.57 Å². The maximum Gasteiger partial charge on any atom is 0.422 e. The lowest BCUT2D eigenvalue weighted by molar-refractivity contribution is -0.153. The second-order valence-corrected chi connectivity index (χ2v) is 9.46. The fraction of sp³-hybridized carbons (Fsp3) is 0.296. The SMILES string of the molecule is Cc1ccc2nc(NCc3ccc(C(C)(C)C)cc3)n(-c3ccc(OCC(F)(F)F)cc3)c2c1. The van der Waals surface area contributed by atoms with Gasteiger partial charge in [0.25, 0.3) is 0 Å². The van der Waals surface area contributed by atoms with Gasteiger partial charge in [0.2, 0.25) is 5.95 Å². The number of rotatable bonds is 6. The lowest BCUT2D eigenvalue weighted by Gasteiger charge is -2.19. The van der Waals surface area contributed by atoms with Gasteiger partial charge in [-0.05, 0) is 65.4 Å². The lowest BCUT2D eigenvalue weighted by Crippen LogP contribution is -2.19. The van der Waals surface area contributed by atoms with E-state index in [9.17, 15) is 13.2 Å². The van der Waals surface area contributed by atoms with Gasteiger partial charge in [0, 0.05) is 12.2 Å². The Hall–Kier alpha value is -3.48. The fourth-order valence-electron chi connectivity index (χ4n) is 3.73. The zero-order chi connectivity index (χ0) is 24.5. The average molecular weight is 468 g/mol. The molecule has 34 heavy (non-hydrogen) atoms. The van der Waals surface area contributed by atoms with Crippen LogP contribution in [-0.4, -0.2) is 22.3 Å². The number of nitrogens with zero attached hydrogens (tertiary/aromatic N) is 2. The quantitative estimate of drug-likeness (QED) is 0.326. The average Bonchev–Trinajstić information content (AvgIpc) is 3.13. The van der Waals surface area contributed by atoms with Crippen LogP contribution in [0.1, 0.15) is 37.5 Å². The van der Waals surface area contributed by atoms with Crippen LogP contribution < -0.4 is 10.1 Å². The fourth-order valence-corrected chi connectivity index (χ4v) is 3.73. The summed E-state index contributed by atoms with van der Waals surface area (Å²) < 4.78 is 44.2. The van der Waals surface area contributed by atoms with E-state index >= 15 is 0 Å². The summed E-state index contributed by atoms with van der Waals surface area (Å²) in [5.74, 6) is 0.819. The second kappa shape index (κ2) is 9.05. The van der Waals surface area contributed by atoms with Gasteiger partial charge in [-0.1, -0.05) is 51.1 Å². The standard InChI is InChI=1S/C27H28F3N3O/c1-18-5-14-23-24(15-18)33(21-10-12-22(13-11-21)34-17-27(28,29)30)25(32-23)31-16-19-6-8-20(9-7-19)26(2,3)4/h5-15H,16-17H2,1-4H3,(H,31,32). The number of fused-ring (bicyclic) bond motifs is 1. The normalized spacial score (nSPS) is 12.2. The Morgan fingerprint density at radius 3 is 2.21 bits per heavy atom. The van der Waals surface area contributed by atoms with Crippen molar-refractivity contribution in [1.29, 1.82) is 0 Å². The molecule has 0 saturated carbocycles. The zero-order valence-electron chi connectivity index (χ0n) is 19.7. The van der Waals surface area contributed by atoms with Crippen LogP contribution in [0.2, 0.25) is 0 Å². The van der Waals surface area contributed by atoms with E-state index in [1.165, 1.54) is 17.7 Å². The largest absolute Gasteiger partial charge is 0.484 e. The van der Waals surface area contributed by atoms with Gasteiger partial charge in [0.15, 0.2) is 6.61 Å². The second-order valence-electron chi connectivity index (χ2n) is 9.46. The molecule has 0 saturated heterocycles. The van der Waals surface area contributed by atoms with E-state index in [2.05, 4.69) is 50.4 Å². The number of halogens is 3. The molecule has 1 heterocycles. The van der Waals surface area contributed by atoms with Crippen LogP contribution in [-0.2, 0) is 12.0 Å². The molecule has 1 aromatic heterocycles. The maximum atomic E-state index is 12.5. The highest BCUT2D eigenvalue weighted by Gasteiger charge is 2.28. The third-order valence-corrected chi connectivity index (χ3v) is 5.58. The van der Waals surface area contributed by atoms with Crippen molar-refractivity contribution in [2.24, 2.45) is 0 Å². The first-order chi connectivity index (χ1) is 16.0. The molecule has 4 aromatic rings. The number of hydrogen-bond acceptors (Lipinski definition) is 3. The molecule has 0 unspecified atom stereocenters. The molecule has 0 atom stereocenters. The molecule has 0 aliphatic rings. The van der Waals surface area contributed by atoms with E-state index in [1.54, 1.807) is 12.1 Å². The molecule has 1 N–H and O–H groups in total. The minimum atomic E-state index is -4.38. The maximum absolute atomic E-state index is 12.5. The molecule has 4 rings (SSSR count). The monoisotopic (exact) mass is 467 g/mol. The summed E-state index contributed by atoms with van der Waals surface area (Å²) in [4.78, 5) is 4.76. The Labute approximate surface area is 197 Å². The van der Waals surface area contributed by atoms with Crippen LogP contribution in [0, 0.1) is 6.92 Å². The van der Waals surface area contributed by atoms with E-state index in [1.807, 2.05) is 29.7 Å². The molecule has 3 aromatic carbocycles. The van der Waals surface area contributed by atoms with Crippen LogP contribution in [0.25, 0.3) is 16.7 Å². The summed E-state index contributed by atoms with van der Waals surface area (Å²) in [6.07, 6.45) is -4.38. The summed E-state index contributed by atoms with van der Waals surface area (Å²) in [5.41, 5.74) is 6.09. The Morgan fingerprint density at radius 1 is 0.912 bits per heavy atom. The highest BCUT2D eigenvalue weighted by molar-refractivity contribution is 5.82. The van der Waals surface area contributed by atoms with Crippen LogP contribution in [0.15, 0.2) is 66.7 Å². The minimum absolute atomic E-state index is 0.0910. The van der Waals surface area contributed by atoms with Gasteiger partial charge < -0.3 is 10.1 Å². The molecule has 178 valence electrons. The number of benzene rings is 3. The predicted octanol–water partition coefficient (Wildman–Crippen LogP) is 7.18. The molecule has 0 aliphatic carbocycles. The molecule has 0 aliphatic heterocycles. The van der Waals surface area contributed by atoms with E-state index in [-0.39, 0.29) is 11.2 Å². The molecule has 0 radical (unpaired) electrons. The molecular formula is C27H28F3N3O. The highest BCUT2D eigenvalue weighted by Crippen LogP contribution is 2.28. The third kappa shape index (κ3) is 5.53. The summed E-state index contributed by atoms with van der Waals surface area (Å²) >= 11 is 0. The summed E-state index contributed by atoms with van der Waals surface area (Å²) in [5, 5.41) is 3.43. The van der Waals surface area contributed by atoms with Gasteiger partial charge in [-0.25, -0.2) is 4.98 Å². The molecule has 4 nitrogen and oxygen atoms in total. The van der Waals surface area contributed by atoms with Crippen LogP contribution in [0.4, 0.5) is 19.1 Å². The number of nitrogens with one attached hydrogen (secondary N) is 1. The topological polar surface area (TPSA) is 39.1 Å². The van der Waals surface area contributed by atoms with E-state index in [0.717, 1.165) is 27.8 Å². The smallest absolute Gasteiger partial charge is 0.422 e. The van der Waals surface area contributed by atoms with E-state index in [4.69, 9.17) is 9.72 Å². The predicted molar refractivity (Wildman–Crippen MR) is 130 cm³/mol. The van der Waals surface area contributed by atoms with Crippen LogP contribution in [0.5, 0.6) is 5.75 Å². The molecule has 0 fully saturated rings.